The van der Waals surface area contributed by atoms with Crippen LogP contribution in [0.15, 0.2) is 61.4 Å². The van der Waals surface area contributed by atoms with E-state index in [1.807, 2.05) is 32.2 Å². The van der Waals surface area contributed by atoms with E-state index in [4.69, 9.17) is 9.47 Å². The molecule has 5 heteroatoms. The molecule has 0 fully saturated rings. The van der Waals surface area contributed by atoms with Crippen molar-refractivity contribution in [2.45, 2.75) is 47.1 Å². The quantitative estimate of drug-likeness (QED) is 0.263. The first-order chi connectivity index (χ1) is 15.3. The Morgan fingerprint density at radius 1 is 1.22 bits per heavy atom. The summed E-state index contributed by atoms with van der Waals surface area (Å²) >= 11 is 0. The molecule has 0 radical (unpaired) electrons. The van der Waals surface area contributed by atoms with Gasteiger partial charge in [-0.05, 0) is 49.1 Å². The average Bonchev–Trinajstić information content (AvgIpc) is 3.14. The van der Waals surface area contributed by atoms with Gasteiger partial charge in [-0.1, -0.05) is 34.3 Å². The third-order valence-corrected chi connectivity index (χ3v) is 5.40. The van der Waals surface area contributed by atoms with Gasteiger partial charge >= 0.3 is 5.97 Å². The summed E-state index contributed by atoms with van der Waals surface area (Å²) in [6.45, 7) is 13.6. The van der Waals surface area contributed by atoms with Crippen molar-refractivity contribution in [2.24, 2.45) is 11.3 Å². The second kappa shape index (κ2) is 10.5. The van der Waals surface area contributed by atoms with Crippen molar-refractivity contribution in [3.63, 3.8) is 0 Å². The summed E-state index contributed by atoms with van der Waals surface area (Å²) < 4.78 is 13.7. The van der Waals surface area contributed by atoms with Crippen LogP contribution in [0.5, 0.6) is 5.75 Å². The number of benzene rings is 1. The standard InChI is InChI=1S/C27H34N2O3/c1-6-26(30)32-19-27(4,5)18-31-23-12-11-21-15-24(22-10-7-13-28-17-22)29(25(21)16-23)14-8-9-20(2)3/h6-7,10-13,15-17,20H,1,8-9,14,18-19H2,2-5H3. The Bertz CT molecular complexity index is 1050. The lowest BCUT2D eigenvalue weighted by atomic mass is 9.96. The molecule has 5 nitrogen and oxygen atoms in total. The van der Waals surface area contributed by atoms with E-state index in [1.54, 1.807) is 6.20 Å². The van der Waals surface area contributed by atoms with Crippen molar-refractivity contribution in [1.29, 1.82) is 0 Å². The van der Waals surface area contributed by atoms with Crippen LogP contribution >= 0.6 is 0 Å². The lowest BCUT2D eigenvalue weighted by Crippen LogP contribution is -2.28. The lowest BCUT2D eigenvalue weighted by Gasteiger charge is -2.24. The van der Waals surface area contributed by atoms with Gasteiger partial charge in [0.1, 0.15) is 5.75 Å². The Morgan fingerprint density at radius 2 is 2.03 bits per heavy atom. The zero-order chi connectivity index (χ0) is 23.1. The number of carbonyl (C=O) groups is 1. The molecule has 0 atom stereocenters. The maximum Gasteiger partial charge on any atom is 0.330 e. The normalized spacial score (nSPS) is 11.7. The number of esters is 1. The molecule has 3 rings (SSSR count). The Balaban J connectivity index is 1.84. The molecule has 0 aliphatic rings. The summed E-state index contributed by atoms with van der Waals surface area (Å²) in [5.41, 5.74) is 3.13. The van der Waals surface area contributed by atoms with Crippen LogP contribution < -0.4 is 4.74 Å². The van der Waals surface area contributed by atoms with E-state index in [-0.39, 0.29) is 12.0 Å². The first-order valence-electron chi connectivity index (χ1n) is 11.2. The molecule has 0 bridgehead atoms. The van der Waals surface area contributed by atoms with E-state index in [0.29, 0.717) is 12.5 Å². The minimum absolute atomic E-state index is 0.275. The van der Waals surface area contributed by atoms with Gasteiger partial charge in [-0.25, -0.2) is 4.79 Å². The maximum absolute atomic E-state index is 11.4. The molecule has 0 unspecified atom stereocenters. The molecular formula is C27H34N2O3. The molecule has 0 aliphatic carbocycles. The zero-order valence-electron chi connectivity index (χ0n) is 19.6. The molecule has 0 N–H and O–H groups in total. The molecule has 0 spiro atoms. The van der Waals surface area contributed by atoms with Gasteiger partial charge in [0.15, 0.2) is 0 Å². The monoisotopic (exact) mass is 434 g/mol. The Hall–Kier alpha value is -3.08. The molecule has 2 heterocycles. The number of fused-ring (bicyclic) bond motifs is 1. The van der Waals surface area contributed by atoms with E-state index in [1.165, 1.54) is 23.6 Å². The van der Waals surface area contributed by atoms with Crippen molar-refractivity contribution in [3.05, 3.63) is 61.4 Å². The number of rotatable bonds is 11. The smallest absolute Gasteiger partial charge is 0.330 e. The fourth-order valence-electron chi connectivity index (χ4n) is 3.62. The van der Waals surface area contributed by atoms with Crippen molar-refractivity contribution in [2.75, 3.05) is 13.2 Å². The highest BCUT2D eigenvalue weighted by Crippen LogP contribution is 2.31. The van der Waals surface area contributed by atoms with Gasteiger partial charge in [0.05, 0.1) is 24.4 Å². The first kappa shape index (κ1) is 23.6. The van der Waals surface area contributed by atoms with Gasteiger partial charge in [0.2, 0.25) is 0 Å². The molecule has 1 aromatic carbocycles. The van der Waals surface area contributed by atoms with Crippen LogP contribution in [0.4, 0.5) is 0 Å². The molecule has 0 saturated carbocycles. The van der Waals surface area contributed by atoms with E-state index < -0.39 is 5.97 Å². The second-order valence-electron chi connectivity index (χ2n) is 9.44. The van der Waals surface area contributed by atoms with E-state index in [0.717, 1.165) is 29.8 Å². The largest absolute Gasteiger partial charge is 0.493 e. The van der Waals surface area contributed by atoms with Crippen LogP contribution in [0, 0.1) is 11.3 Å². The maximum atomic E-state index is 11.4. The minimum atomic E-state index is -0.415. The van der Waals surface area contributed by atoms with Crippen LogP contribution in [-0.4, -0.2) is 28.7 Å². The van der Waals surface area contributed by atoms with Gasteiger partial charge < -0.3 is 14.0 Å². The topological polar surface area (TPSA) is 53.4 Å². The summed E-state index contributed by atoms with van der Waals surface area (Å²) in [7, 11) is 0. The van der Waals surface area contributed by atoms with Gasteiger partial charge in [-0.15, -0.1) is 0 Å². The lowest BCUT2D eigenvalue weighted by molar-refractivity contribution is -0.141. The zero-order valence-corrected chi connectivity index (χ0v) is 19.6. The van der Waals surface area contributed by atoms with Gasteiger partial charge in [0.25, 0.3) is 0 Å². The fourth-order valence-corrected chi connectivity index (χ4v) is 3.62. The van der Waals surface area contributed by atoms with E-state index >= 15 is 0 Å². The number of hydrogen-bond acceptors (Lipinski definition) is 4. The van der Waals surface area contributed by atoms with Crippen LogP contribution in [0.1, 0.15) is 40.5 Å². The predicted molar refractivity (Wildman–Crippen MR) is 130 cm³/mol. The minimum Gasteiger partial charge on any atom is -0.493 e. The summed E-state index contributed by atoms with van der Waals surface area (Å²) in [6.07, 6.45) is 7.19. The number of aromatic nitrogens is 2. The molecule has 32 heavy (non-hydrogen) atoms. The van der Waals surface area contributed by atoms with E-state index in [9.17, 15) is 4.79 Å². The highest BCUT2D eigenvalue weighted by Gasteiger charge is 2.21. The summed E-state index contributed by atoms with van der Waals surface area (Å²) in [5.74, 6) is 1.07. The third-order valence-electron chi connectivity index (χ3n) is 5.40. The van der Waals surface area contributed by atoms with Crippen molar-refractivity contribution >= 4 is 16.9 Å². The first-order valence-corrected chi connectivity index (χ1v) is 11.2. The van der Waals surface area contributed by atoms with Crippen LogP contribution in [0.2, 0.25) is 0 Å². The summed E-state index contributed by atoms with van der Waals surface area (Å²) in [6, 6.07) is 12.5. The molecule has 2 aromatic heterocycles. The number of nitrogens with zero attached hydrogens (tertiary/aromatic N) is 2. The van der Waals surface area contributed by atoms with Crippen LogP contribution in [-0.2, 0) is 16.1 Å². The SMILES string of the molecule is C=CC(=O)OCC(C)(C)COc1ccc2cc(-c3cccnc3)n(CCCC(C)C)c2c1. The Labute approximate surface area is 191 Å². The Morgan fingerprint density at radius 3 is 2.72 bits per heavy atom. The highest BCUT2D eigenvalue weighted by molar-refractivity contribution is 5.88. The molecule has 170 valence electrons. The Kier molecular flexibility index (Phi) is 7.73. The molecule has 0 saturated heterocycles. The second-order valence-corrected chi connectivity index (χ2v) is 9.44. The third kappa shape index (κ3) is 6.22. The van der Waals surface area contributed by atoms with Crippen molar-refractivity contribution < 1.29 is 14.3 Å². The average molecular weight is 435 g/mol. The number of hydrogen-bond donors (Lipinski definition) is 0. The molecule has 0 aliphatic heterocycles. The van der Waals surface area contributed by atoms with Crippen molar-refractivity contribution in [1.82, 2.24) is 9.55 Å². The van der Waals surface area contributed by atoms with Crippen LogP contribution in [0.3, 0.4) is 0 Å². The number of aryl methyl sites for hydroxylation is 1. The summed E-state index contributed by atoms with van der Waals surface area (Å²) in [4.78, 5) is 15.7. The van der Waals surface area contributed by atoms with Gasteiger partial charge in [-0.3, -0.25) is 4.98 Å². The molecule has 3 aromatic rings. The summed E-state index contributed by atoms with van der Waals surface area (Å²) in [5, 5.41) is 1.18. The van der Waals surface area contributed by atoms with Gasteiger partial charge in [-0.2, -0.15) is 0 Å². The highest BCUT2D eigenvalue weighted by atomic mass is 16.5. The number of pyridine rings is 1. The predicted octanol–water partition coefficient (Wildman–Crippen LogP) is 6.27. The fraction of sp³-hybridized carbons (Fsp3) is 0.407. The van der Waals surface area contributed by atoms with E-state index in [2.05, 4.69) is 54.2 Å². The molecule has 0 amide bonds. The van der Waals surface area contributed by atoms with Gasteiger partial charge in [0, 0.05) is 47.4 Å². The number of carbonyl (C=O) groups excluding carboxylic acids is 1. The van der Waals surface area contributed by atoms with Crippen molar-refractivity contribution in [3.8, 4) is 17.0 Å². The number of ether oxygens (including phenoxy) is 2. The molecular weight excluding hydrogens is 400 g/mol. The van der Waals surface area contributed by atoms with Crippen LogP contribution in [0.25, 0.3) is 22.2 Å².